The summed E-state index contributed by atoms with van der Waals surface area (Å²) in [6.45, 7) is 3.63. The lowest BCUT2D eigenvalue weighted by Crippen LogP contribution is -2.10. The molecule has 1 amide bonds. The second-order valence-corrected chi connectivity index (χ2v) is 2.90. The summed E-state index contributed by atoms with van der Waals surface area (Å²) >= 11 is 0. The van der Waals surface area contributed by atoms with Crippen molar-refractivity contribution in [1.82, 2.24) is 0 Å². The number of phenols is 1. The molecule has 0 fully saturated rings. The van der Waals surface area contributed by atoms with Crippen LogP contribution in [0.1, 0.15) is 18.9 Å². The summed E-state index contributed by atoms with van der Waals surface area (Å²) in [5.41, 5.74) is 1.62. The lowest BCUT2D eigenvalue weighted by molar-refractivity contribution is -0.115. The smallest absolute Gasteiger partial charge is 0.224 e. The van der Waals surface area contributed by atoms with E-state index >= 15 is 0 Å². The Morgan fingerprint density at radius 1 is 1.54 bits per heavy atom. The summed E-state index contributed by atoms with van der Waals surface area (Å²) in [6.07, 6.45) is 0.459. The maximum Gasteiger partial charge on any atom is 0.224 e. The molecule has 0 aliphatic rings. The van der Waals surface area contributed by atoms with E-state index in [9.17, 15) is 4.79 Å². The number of phenolic OH excluding ortho intramolecular Hbond substituents is 1. The number of aromatic hydroxyl groups is 1. The Bertz CT molecular complexity index is 321. The van der Waals surface area contributed by atoms with Gasteiger partial charge in [-0.3, -0.25) is 4.79 Å². The third-order valence-electron chi connectivity index (χ3n) is 1.81. The maximum absolute atomic E-state index is 11.0. The number of carbonyl (C=O) groups is 1. The fraction of sp³-hybridized carbons (Fsp3) is 0.300. The van der Waals surface area contributed by atoms with Gasteiger partial charge in [-0.25, -0.2) is 0 Å². The zero-order chi connectivity index (χ0) is 9.84. The van der Waals surface area contributed by atoms with E-state index in [0.29, 0.717) is 6.42 Å². The average molecular weight is 179 g/mol. The Labute approximate surface area is 77.4 Å². The normalized spacial score (nSPS) is 9.69. The SMILES string of the molecule is CCC(=O)Nc1ccc(O)cc1C. The lowest BCUT2D eigenvalue weighted by atomic mass is 10.2. The molecule has 0 saturated heterocycles. The minimum atomic E-state index is -0.0196. The van der Waals surface area contributed by atoms with E-state index in [1.54, 1.807) is 25.1 Å². The molecule has 1 aromatic rings. The number of amides is 1. The number of carbonyl (C=O) groups excluding carboxylic acids is 1. The summed E-state index contributed by atoms with van der Waals surface area (Å²) in [5.74, 6) is 0.195. The van der Waals surface area contributed by atoms with Gasteiger partial charge in [0, 0.05) is 12.1 Å². The van der Waals surface area contributed by atoms with Gasteiger partial charge in [0.05, 0.1) is 0 Å². The summed E-state index contributed by atoms with van der Waals surface area (Å²) in [4.78, 5) is 11.0. The number of rotatable bonds is 2. The Kier molecular flexibility index (Phi) is 2.90. The topological polar surface area (TPSA) is 49.3 Å². The van der Waals surface area contributed by atoms with Crippen LogP contribution in [0, 0.1) is 6.92 Å². The molecular weight excluding hydrogens is 166 g/mol. The molecule has 0 unspecified atom stereocenters. The predicted molar refractivity (Wildman–Crippen MR) is 51.8 cm³/mol. The number of aryl methyl sites for hydroxylation is 1. The molecule has 0 radical (unpaired) electrons. The number of nitrogens with one attached hydrogen (secondary N) is 1. The molecule has 3 nitrogen and oxygen atoms in total. The van der Waals surface area contributed by atoms with E-state index in [1.165, 1.54) is 0 Å². The molecule has 0 aromatic heterocycles. The first kappa shape index (κ1) is 9.58. The Hall–Kier alpha value is -1.51. The van der Waals surface area contributed by atoms with Gasteiger partial charge in [-0.1, -0.05) is 6.92 Å². The molecule has 0 bridgehead atoms. The van der Waals surface area contributed by atoms with E-state index in [0.717, 1.165) is 11.3 Å². The Balaban J connectivity index is 2.83. The van der Waals surface area contributed by atoms with Crippen LogP contribution < -0.4 is 5.32 Å². The van der Waals surface area contributed by atoms with Crippen molar-refractivity contribution in [3.05, 3.63) is 23.8 Å². The highest BCUT2D eigenvalue weighted by Crippen LogP contribution is 2.19. The molecule has 0 heterocycles. The number of hydrogen-bond acceptors (Lipinski definition) is 2. The highest BCUT2D eigenvalue weighted by atomic mass is 16.3. The molecule has 0 saturated carbocycles. The van der Waals surface area contributed by atoms with Crippen LogP contribution >= 0.6 is 0 Å². The van der Waals surface area contributed by atoms with Gasteiger partial charge in [-0.05, 0) is 30.7 Å². The second kappa shape index (κ2) is 3.94. The van der Waals surface area contributed by atoms with E-state index < -0.39 is 0 Å². The zero-order valence-corrected chi connectivity index (χ0v) is 7.79. The second-order valence-electron chi connectivity index (χ2n) is 2.90. The van der Waals surface area contributed by atoms with Crippen molar-refractivity contribution in [3.8, 4) is 5.75 Å². The van der Waals surface area contributed by atoms with Crippen molar-refractivity contribution < 1.29 is 9.90 Å². The molecule has 1 rings (SSSR count). The first-order chi connectivity index (χ1) is 6.13. The molecule has 1 aromatic carbocycles. The molecule has 13 heavy (non-hydrogen) atoms. The fourth-order valence-corrected chi connectivity index (χ4v) is 1.03. The van der Waals surface area contributed by atoms with Gasteiger partial charge in [-0.15, -0.1) is 0 Å². The first-order valence-corrected chi connectivity index (χ1v) is 4.23. The van der Waals surface area contributed by atoms with Crippen molar-refractivity contribution in [3.63, 3.8) is 0 Å². The largest absolute Gasteiger partial charge is 0.508 e. The molecular formula is C10H13NO2. The van der Waals surface area contributed by atoms with E-state index in [2.05, 4.69) is 5.32 Å². The molecule has 0 aliphatic carbocycles. The van der Waals surface area contributed by atoms with Crippen LogP contribution in [0.2, 0.25) is 0 Å². The van der Waals surface area contributed by atoms with Crippen LogP contribution in [0.25, 0.3) is 0 Å². The first-order valence-electron chi connectivity index (χ1n) is 4.23. The minimum absolute atomic E-state index is 0.0196. The third kappa shape index (κ3) is 2.47. The van der Waals surface area contributed by atoms with Gasteiger partial charge < -0.3 is 10.4 Å². The van der Waals surface area contributed by atoms with Crippen LogP contribution in [-0.4, -0.2) is 11.0 Å². The van der Waals surface area contributed by atoms with Crippen LogP contribution in [0.3, 0.4) is 0 Å². The standard InChI is InChI=1S/C10H13NO2/c1-3-10(13)11-9-5-4-8(12)6-7(9)2/h4-6,12H,3H2,1-2H3,(H,11,13). The Morgan fingerprint density at radius 2 is 2.23 bits per heavy atom. The number of benzene rings is 1. The monoisotopic (exact) mass is 179 g/mol. The lowest BCUT2D eigenvalue weighted by Gasteiger charge is -2.06. The van der Waals surface area contributed by atoms with Crippen LogP contribution in [0.4, 0.5) is 5.69 Å². The highest BCUT2D eigenvalue weighted by molar-refractivity contribution is 5.91. The number of anilines is 1. The van der Waals surface area contributed by atoms with Gasteiger partial charge >= 0.3 is 0 Å². The highest BCUT2D eigenvalue weighted by Gasteiger charge is 2.02. The van der Waals surface area contributed by atoms with Gasteiger partial charge in [0.2, 0.25) is 5.91 Å². The number of hydrogen-bond donors (Lipinski definition) is 2. The van der Waals surface area contributed by atoms with Gasteiger partial charge in [0.15, 0.2) is 0 Å². The van der Waals surface area contributed by atoms with Gasteiger partial charge in [0.1, 0.15) is 5.75 Å². The summed E-state index contributed by atoms with van der Waals surface area (Å²) in [6, 6.07) is 4.86. The van der Waals surface area contributed by atoms with E-state index in [1.807, 2.05) is 6.92 Å². The molecule has 3 heteroatoms. The van der Waals surface area contributed by atoms with Crippen LogP contribution in [0.5, 0.6) is 5.75 Å². The fourth-order valence-electron chi connectivity index (χ4n) is 1.03. The average Bonchev–Trinajstić information content (AvgIpc) is 2.09. The van der Waals surface area contributed by atoms with Crippen molar-refractivity contribution in [2.24, 2.45) is 0 Å². The predicted octanol–water partition coefficient (Wildman–Crippen LogP) is 2.05. The van der Waals surface area contributed by atoms with E-state index in [-0.39, 0.29) is 11.7 Å². The molecule has 0 aliphatic heterocycles. The summed E-state index contributed by atoms with van der Waals surface area (Å²) < 4.78 is 0. The zero-order valence-electron chi connectivity index (χ0n) is 7.79. The summed E-state index contributed by atoms with van der Waals surface area (Å²) in [7, 11) is 0. The summed E-state index contributed by atoms with van der Waals surface area (Å²) in [5, 5.41) is 11.9. The Morgan fingerprint density at radius 3 is 2.77 bits per heavy atom. The molecule has 70 valence electrons. The minimum Gasteiger partial charge on any atom is -0.508 e. The van der Waals surface area contributed by atoms with Crippen molar-refractivity contribution in [1.29, 1.82) is 0 Å². The molecule has 0 spiro atoms. The third-order valence-corrected chi connectivity index (χ3v) is 1.81. The quantitative estimate of drug-likeness (QED) is 0.682. The van der Waals surface area contributed by atoms with Crippen molar-refractivity contribution in [2.75, 3.05) is 5.32 Å². The van der Waals surface area contributed by atoms with Gasteiger partial charge in [-0.2, -0.15) is 0 Å². The van der Waals surface area contributed by atoms with Crippen LogP contribution in [-0.2, 0) is 4.79 Å². The van der Waals surface area contributed by atoms with Crippen molar-refractivity contribution in [2.45, 2.75) is 20.3 Å². The van der Waals surface area contributed by atoms with Gasteiger partial charge in [0.25, 0.3) is 0 Å². The maximum atomic E-state index is 11.0. The van der Waals surface area contributed by atoms with Crippen molar-refractivity contribution >= 4 is 11.6 Å². The molecule has 2 N–H and O–H groups in total. The van der Waals surface area contributed by atoms with Crippen LogP contribution in [0.15, 0.2) is 18.2 Å². The van der Waals surface area contributed by atoms with E-state index in [4.69, 9.17) is 5.11 Å². The molecule has 0 atom stereocenters.